The molecule has 0 radical (unpaired) electrons. The molecule has 3 heterocycles. The first-order chi connectivity index (χ1) is 20.0. The van der Waals surface area contributed by atoms with Crippen molar-refractivity contribution in [1.82, 2.24) is 15.2 Å². The van der Waals surface area contributed by atoms with E-state index in [-0.39, 0.29) is 18.1 Å². The second kappa shape index (κ2) is 13.2. The fourth-order valence-corrected chi connectivity index (χ4v) is 5.39. The Kier molecular flexibility index (Phi) is 8.98. The van der Waals surface area contributed by atoms with E-state index in [9.17, 15) is 4.79 Å². The molecule has 2 aromatic carbocycles. The SMILES string of the molecule is COc1cc(C#N)ccc1OC1CCN(c2ccc(C(=O)NC3CCN(Cc4ccc(C#N)cc4)CC3)nc2)CC1. The third-order valence-electron chi connectivity index (χ3n) is 7.79. The standard InChI is InChI=1S/C32H34N6O3/c1-40-31-18-25(20-34)6-9-30(31)41-28-12-16-38(17-13-28)27-7-8-29(35-21-27)32(39)36-26-10-14-37(15-11-26)22-24-4-2-23(19-33)3-5-24/h2-9,18,21,26,28H,10-17,22H2,1H3,(H,36,39). The lowest BCUT2D eigenvalue weighted by atomic mass is 10.0. The van der Waals surface area contributed by atoms with Crippen molar-refractivity contribution in [3.05, 3.63) is 83.2 Å². The number of likely N-dealkylation sites (tertiary alicyclic amines) is 1. The molecule has 2 fully saturated rings. The highest BCUT2D eigenvalue weighted by molar-refractivity contribution is 5.92. The average Bonchev–Trinajstić information content (AvgIpc) is 3.03. The number of methoxy groups -OCH3 is 1. The molecule has 2 aliphatic heterocycles. The molecule has 9 heteroatoms. The highest BCUT2D eigenvalue weighted by atomic mass is 16.5. The van der Waals surface area contributed by atoms with Crippen LogP contribution in [0.2, 0.25) is 0 Å². The van der Waals surface area contributed by atoms with Gasteiger partial charge in [0.25, 0.3) is 5.91 Å². The van der Waals surface area contributed by atoms with Crippen LogP contribution in [0.1, 0.15) is 52.9 Å². The van der Waals surface area contributed by atoms with E-state index in [1.807, 2.05) is 30.3 Å². The summed E-state index contributed by atoms with van der Waals surface area (Å²) in [4.78, 5) is 22.0. The summed E-state index contributed by atoms with van der Waals surface area (Å²) in [5.74, 6) is 1.09. The van der Waals surface area contributed by atoms with E-state index < -0.39 is 0 Å². The van der Waals surface area contributed by atoms with Crippen molar-refractivity contribution >= 4 is 11.6 Å². The van der Waals surface area contributed by atoms with Crippen molar-refractivity contribution in [3.8, 4) is 23.6 Å². The minimum Gasteiger partial charge on any atom is -0.493 e. The number of pyridine rings is 1. The van der Waals surface area contributed by atoms with Gasteiger partial charge in [-0.25, -0.2) is 4.98 Å². The summed E-state index contributed by atoms with van der Waals surface area (Å²) in [5.41, 5.74) is 3.83. The van der Waals surface area contributed by atoms with Crippen LogP contribution in [0.4, 0.5) is 5.69 Å². The molecule has 1 aromatic heterocycles. The summed E-state index contributed by atoms with van der Waals surface area (Å²) < 4.78 is 11.6. The monoisotopic (exact) mass is 550 g/mol. The van der Waals surface area contributed by atoms with Gasteiger partial charge in [0.15, 0.2) is 11.5 Å². The predicted molar refractivity (Wildman–Crippen MR) is 155 cm³/mol. The Morgan fingerprint density at radius 3 is 2.27 bits per heavy atom. The number of carbonyl (C=O) groups excluding carboxylic acids is 1. The van der Waals surface area contributed by atoms with E-state index in [4.69, 9.17) is 20.0 Å². The minimum atomic E-state index is -0.134. The topological polar surface area (TPSA) is 115 Å². The molecule has 0 atom stereocenters. The molecule has 0 unspecified atom stereocenters. The van der Waals surface area contributed by atoms with Crippen molar-refractivity contribution in [2.24, 2.45) is 0 Å². The highest BCUT2D eigenvalue weighted by Crippen LogP contribution is 2.31. The first kappa shape index (κ1) is 27.9. The summed E-state index contributed by atoms with van der Waals surface area (Å²) >= 11 is 0. The van der Waals surface area contributed by atoms with Gasteiger partial charge in [-0.1, -0.05) is 12.1 Å². The number of piperidine rings is 2. The normalized spacial score (nSPS) is 16.4. The fourth-order valence-electron chi connectivity index (χ4n) is 5.39. The molecular weight excluding hydrogens is 516 g/mol. The Balaban J connectivity index is 1.06. The summed E-state index contributed by atoms with van der Waals surface area (Å²) in [6.45, 7) is 4.31. The number of hydrogen-bond acceptors (Lipinski definition) is 8. The third kappa shape index (κ3) is 7.13. The first-order valence-corrected chi connectivity index (χ1v) is 14.0. The smallest absolute Gasteiger partial charge is 0.270 e. The molecule has 41 heavy (non-hydrogen) atoms. The van der Waals surface area contributed by atoms with Crippen LogP contribution in [0.3, 0.4) is 0 Å². The number of nitriles is 2. The van der Waals surface area contributed by atoms with Gasteiger partial charge in [-0.05, 0) is 54.8 Å². The molecular formula is C32H34N6O3. The Morgan fingerprint density at radius 2 is 1.63 bits per heavy atom. The second-order valence-electron chi connectivity index (χ2n) is 10.5. The molecule has 3 aromatic rings. The van der Waals surface area contributed by atoms with Gasteiger partial charge in [0, 0.05) is 57.7 Å². The van der Waals surface area contributed by atoms with Crippen LogP contribution in [0, 0.1) is 22.7 Å². The van der Waals surface area contributed by atoms with Crippen molar-refractivity contribution in [2.45, 2.75) is 44.4 Å². The summed E-state index contributed by atoms with van der Waals surface area (Å²) in [5, 5.41) is 21.2. The molecule has 5 rings (SSSR count). The van der Waals surface area contributed by atoms with E-state index in [0.29, 0.717) is 28.3 Å². The van der Waals surface area contributed by atoms with Crippen LogP contribution in [0.5, 0.6) is 11.5 Å². The quantitative estimate of drug-likeness (QED) is 0.442. The van der Waals surface area contributed by atoms with Gasteiger partial charge in [-0.3, -0.25) is 9.69 Å². The number of nitrogens with zero attached hydrogens (tertiary/aromatic N) is 5. The number of rotatable bonds is 8. The lowest BCUT2D eigenvalue weighted by molar-refractivity contribution is 0.0904. The largest absolute Gasteiger partial charge is 0.493 e. The molecule has 0 bridgehead atoms. The number of ether oxygens (including phenoxy) is 2. The number of carbonyl (C=O) groups is 1. The summed E-state index contributed by atoms with van der Waals surface area (Å²) in [7, 11) is 1.58. The van der Waals surface area contributed by atoms with Gasteiger partial charge in [-0.2, -0.15) is 10.5 Å². The number of aromatic nitrogens is 1. The Bertz CT molecular complexity index is 1410. The maximum atomic E-state index is 12.9. The molecule has 1 N–H and O–H groups in total. The average molecular weight is 551 g/mol. The summed E-state index contributed by atoms with van der Waals surface area (Å²) in [6, 6.07) is 21.1. The number of nitrogens with one attached hydrogen (secondary N) is 1. The van der Waals surface area contributed by atoms with Gasteiger partial charge in [0.1, 0.15) is 11.8 Å². The Labute approximate surface area is 240 Å². The lowest BCUT2D eigenvalue weighted by Gasteiger charge is -2.34. The van der Waals surface area contributed by atoms with E-state index >= 15 is 0 Å². The minimum absolute atomic E-state index is 0.0571. The molecule has 9 nitrogen and oxygen atoms in total. The zero-order chi connectivity index (χ0) is 28.6. The first-order valence-electron chi connectivity index (χ1n) is 14.0. The molecule has 0 saturated carbocycles. The number of anilines is 1. The summed E-state index contributed by atoms with van der Waals surface area (Å²) in [6.07, 6.45) is 5.31. The lowest BCUT2D eigenvalue weighted by Crippen LogP contribution is -2.44. The second-order valence-corrected chi connectivity index (χ2v) is 10.5. The molecule has 0 spiro atoms. The predicted octanol–water partition coefficient (Wildman–Crippen LogP) is 4.28. The van der Waals surface area contributed by atoms with Gasteiger partial charge in [0.2, 0.25) is 0 Å². The van der Waals surface area contributed by atoms with Crippen molar-refractivity contribution < 1.29 is 14.3 Å². The van der Waals surface area contributed by atoms with Gasteiger partial charge in [-0.15, -0.1) is 0 Å². The van der Waals surface area contributed by atoms with Crippen LogP contribution in [-0.2, 0) is 6.54 Å². The van der Waals surface area contributed by atoms with Crippen molar-refractivity contribution in [1.29, 1.82) is 10.5 Å². The molecule has 2 saturated heterocycles. The molecule has 210 valence electrons. The Morgan fingerprint density at radius 1 is 0.927 bits per heavy atom. The van der Waals surface area contributed by atoms with E-state index in [1.165, 1.54) is 5.56 Å². The van der Waals surface area contributed by atoms with Crippen LogP contribution in [0.25, 0.3) is 0 Å². The third-order valence-corrected chi connectivity index (χ3v) is 7.79. The van der Waals surface area contributed by atoms with Crippen LogP contribution in [0.15, 0.2) is 60.8 Å². The maximum absolute atomic E-state index is 12.9. The van der Waals surface area contributed by atoms with Crippen LogP contribution >= 0.6 is 0 Å². The Hall–Kier alpha value is -4.60. The zero-order valence-corrected chi connectivity index (χ0v) is 23.3. The van der Waals surface area contributed by atoms with Gasteiger partial charge >= 0.3 is 0 Å². The fraction of sp³-hybridized carbons (Fsp3) is 0.375. The van der Waals surface area contributed by atoms with E-state index in [0.717, 1.165) is 64.1 Å². The van der Waals surface area contributed by atoms with Gasteiger partial charge < -0.3 is 19.7 Å². The van der Waals surface area contributed by atoms with E-state index in [1.54, 1.807) is 37.6 Å². The highest BCUT2D eigenvalue weighted by Gasteiger charge is 2.24. The van der Waals surface area contributed by atoms with Gasteiger partial charge in [0.05, 0.1) is 42.3 Å². The van der Waals surface area contributed by atoms with Crippen LogP contribution < -0.4 is 19.7 Å². The van der Waals surface area contributed by atoms with Crippen molar-refractivity contribution in [2.75, 3.05) is 38.2 Å². The zero-order valence-electron chi connectivity index (χ0n) is 23.3. The molecule has 0 aliphatic carbocycles. The molecule has 2 aliphatic rings. The number of benzene rings is 2. The number of hydrogen-bond donors (Lipinski definition) is 1. The van der Waals surface area contributed by atoms with E-state index in [2.05, 4.69) is 32.2 Å². The van der Waals surface area contributed by atoms with Crippen molar-refractivity contribution in [3.63, 3.8) is 0 Å². The number of amides is 1. The maximum Gasteiger partial charge on any atom is 0.270 e. The van der Waals surface area contributed by atoms with Crippen LogP contribution in [-0.4, -0.2) is 61.2 Å². The molecule has 1 amide bonds.